The Kier molecular flexibility index (Phi) is 7.03. The van der Waals surface area contributed by atoms with Crippen molar-refractivity contribution in [2.24, 2.45) is 5.92 Å². The highest BCUT2D eigenvalue weighted by atomic mass is 16.3. The number of hydrogen-bond acceptors (Lipinski definition) is 4. The average Bonchev–Trinajstić information content (AvgIpc) is 2.99. The molecule has 0 unspecified atom stereocenters. The number of nitrogens with zero attached hydrogens (tertiary/aromatic N) is 3. The van der Waals surface area contributed by atoms with Gasteiger partial charge in [0.15, 0.2) is 0 Å². The zero-order chi connectivity index (χ0) is 23.2. The van der Waals surface area contributed by atoms with Crippen LogP contribution < -0.4 is 0 Å². The van der Waals surface area contributed by atoms with Crippen molar-refractivity contribution < 1.29 is 14.7 Å². The number of hydrogen-bond donors (Lipinski definition) is 1. The van der Waals surface area contributed by atoms with Gasteiger partial charge in [0.2, 0.25) is 5.91 Å². The minimum Gasteiger partial charge on any atom is -0.508 e. The molecule has 1 N–H and O–H groups in total. The summed E-state index contributed by atoms with van der Waals surface area (Å²) in [6.45, 7) is 4.12. The Balaban J connectivity index is 1.63. The van der Waals surface area contributed by atoms with Crippen LogP contribution in [-0.2, 0) is 11.2 Å². The number of phenols is 1. The molecule has 1 saturated heterocycles. The fourth-order valence-electron chi connectivity index (χ4n) is 4.43. The first-order valence-electron chi connectivity index (χ1n) is 11.4. The number of aromatic hydroxyl groups is 1. The molecule has 6 heteroatoms. The second-order valence-corrected chi connectivity index (χ2v) is 8.42. The molecule has 0 radical (unpaired) electrons. The molecule has 0 bridgehead atoms. The monoisotopic (exact) mass is 443 g/mol. The van der Waals surface area contributed by atoms with Gasteiger partial charge >= 0.3 is 0 Å². The second-order valence-electron chi connectivity index (χ2n) is 8.42. The third-order valence-electron chi connectivity index (χ3n) is 6.09. The Labute approximate surface area is 194 Å². The molecule has 1 aromatic heterocycles. The first-order chi connectivity index (χ1) is 16.1. The first-order valence-corrected chi connectivity index (χ1v) is 11.4. The van der Waals surface area contributed by atoms with E-state index in [0.29, 0.717) is 38.2 Å². The van der Waals surface area contributed by atoms with E-state index in [1.807, 2.05) is 35.4 Å². The molecule has 1 aliphatic heterocycles. The van der Waals surface area contributed by atoms with E-state index in [9.17, 15) is 14.7 Å². The average molecular weight is 444 g/mol. The van der Waals surface area contributed by atoms with Crippen LogP contribution in [0.15, 0.2) is 73.1 Å². The molecule has 6 nitrogen and oxygen atoms in total. The Morgan fingerprint density at radius 3 is 2.58 bits per heavy atom. The van der Waals surface area contributed by atoms with Gasteiger partial charge in [0.05, 0.1) is 5.92 Å². The molecule has 2 heterocycles. The number of carbonyl (C=O) groups is 2. The number of pyridine rings is 1. The summed E-state index contributed by atoms with van der Waals surface area (Å²) in [5.41, 5.74) is 3.65. The van der Waals surface area contributed by atoms with Crippen molar-refractivity contribution >= 4 is 11.8 Å². The van der Waals surface area contributed by atoms with E-state index in [1.54, 1.807) is 23.2 Å². The summed E-state index contributed by atoms with van der Waals surface area (Å²) in [5.74, 6) is -0.236. The standard InChI is InChI=1S/C27H29N3O3/c1-2-14-29-15-16-30(26(32)20-9-11-24(31)12-10-20)19-23(27(29)33)17-21-6-3-4-8-25(21)22-7-5-13-28-18-22/h3-13,18,23,31H,2,14-17,19H2,1H3/t23-/m1/s1. The van der Waals surface area contributed by atoms with Gasteiger partial charge in [0.1, 0.15) is 5.75 Å². The van der Waals surface area contributed by atoms with Crippen molar-refractivity contribution in [2.75, 3.05) is 26.2 Å². The minimum absolute atomic E-state index is 0.0962. The molecule has 4 rings (SSSR count). The van der Waals surface area contributed by atoms with Crippen molar-refractivity contribution in [2.45, 2.75) is 19.8 Å². The number of phenolic OH excluding ortho intramolecular Hbond substituents is 1. The van der Waals surface area contributed by atoms with Crippen LogP contribution in [0.25, 0.3) is 11.1 Å². The number of aromatic nitrogens is 1. The smallest absolute Gasteiger partial charge is 0.253 e. The van der Waals surface area contributed by atoms with Crippen molar-refractivity contribution in [3.05, 3.63) is 84.2 Å². The number of rotatable bonds is 6. The normalized spacial score (nSPS) is 16.5. The van der Waals surface area contributed by atoms with Gasteiger partial charge in [-0.05, 0) is 54.3 Å². The predicted octanol–water partition coefficient (Wildman–Crippen LogP) is 4.01. The SMILES string of the molecule is CCCN1CCN(C(=O)c2ccc(O)cc2)C[C@@H](Cc2ccccc2-c2cccnc2)C1=O. The molecule has 1 fully saturated rings. The summed E-state index contributed by atoms with van der Waals surface area (Å²) < 4.78 is 0. The maximum absolute atomic E-state index is 13.5. The van der Waals surface area contributed by atoms with Crippen LogP contribution in [-0.4, -0.2) is 57.9 Å². The highest BCUT2D eigenvalue weighted by Gasteiger charge is 2.32. The van der Waals surface area contributed by atoms with Crippen LogP contribution in [0.3, 0.4) is 0 Å². The van der Waals surface area contributed by atoms with Gasteiger partial charge in [0.25, 0.3) is 5.91 Å². The van der Waals surface area contributed by atoms with Crippen LogP contribution in [0, 0.1) is 5.92 Å². The summed E-state index contributed by atoms with van der Waals surface area (Å²) >= 11 is 0. The van der Waals surface area contributed by atoms with Crippen molar-refractivity contribution in [3.63, 3.8) is 0 Å². The predicted molar refractivity (Wildman–Crippen MR) is 128 cm³/mol. The molecule has 1 aliphatic rings. The lowest BCUT2D eigenvalue weighted by Gasteiger charge is -2.25. The van der Waals surface area contributed by atoms with E-state index in [4.69, 9.17) is 0 Å². The molecular weight excluding hydrogens is 414 g/mol. The van der Waals surface area contributed by atoms with E-state index < -0.39 is 0 Å². The lowest BCUT2D eigenvalue weighted by molar-refractivity contribution is -0.134. The molecule has 0 saturated carbocycles. The van der Waals surface area contributed by atoms with Gasteiger partial charge < -0.3 is 14.9 Å². The Morgan fingerprint density at radius 1 is 1.06 bits per heavy atom. The third kappa shape index (κ3) is 5.22. The van der Waals surface area contributed by atoms with E-state index in [2.05, 4.69) is 24.0 Å². The van der Waals surface area contributed by atoms with E-state index in [0.717, 1.165) is 23.1 Å². The molecule has 3 aromatic rings. The fraction of sp³-hybridized carbons (Fsp3) is 0.296. The number of benzene rings is 2. The van der Waals surface area contributed by atoms with Crippen molar-refractivity contribution in [1.82, 2.24) is 14.8 Å². The van der Waals surface area contributed by atoms with Crippen LogP contribution >= 0.6 is 0 Å². The van der Waals surface area contributed by atoms with Gasteiger partial charge in [0, 0.05) is 49.7 Å². The van der Waals surface area contributed by atoms with Crippen LogP contribution in [0.5, 0.6) is 5.75 Å². The Bertz CT molecular complexity index is 1100. The number of amides is 2. The first kappa shape index (κ1) is 22.5. The summed E-state index contributed by atoms with van der Waals surface area (Å²) in [6, 6.07) is 18.3. The van der Waals surface area contributed by atoms with E-state index in [-0.39, 0.29) is 23.5 Å². The quantitative estimate of drug-likeness (QED) is 0.625. The molecule has 0 spiro atoms. The molecule has 2 aromatic carbocycles. The van der Waals surface area contributed by atoms with E-state index in [1.165, 1.54) is 12.1 Å². The summed E-state index contributed by atoms with van der Waals surface area (Å²) in [7, 11) is 0. The van der Waals surface area contributed by atoms with Gasteiger partial charge in [-0.2, -0.15) is 0 Å². The Hall–Kier alpha value is -3.67. The molecular formula is C27H29N3O3. The zero-order valence-electron chi connectivity index (χ0n) is 18.9. The maximum atomic E-state index is 13.5. The lowest BCUT2D eigenvalue weighted by atomic mass is 9.91. The zero-order valence-corrected chi connectivity index (χ0v) is 18.9. The highest BCUT2D eigenvalue weighted by molar-refractivity contribution is 5.95. The van der Waals surface area contributed by atoms with Gasteiger partial charge in [-0.25, -0.2) is 0 Å². The maximum Gasteiger partial charge on any atom is 0.253 e. The minimum atomic E-state index is -0.335. The molecule has 2 amide bonds. The van der Waals surface area contributed by atoms with Gasteiger partial charge in [-0.1, -0.05) is 37.3 Å². The van der Waals surface area contributed by atoms with Gasteiger partial charge in [-0.15, -0.1) is 0 Å². The van der Waals surface area contributed by atoms with Crippen molar-refractivity contribution in [3.8, 4) is 16.9 Å². The molecule has 170 valence electrons. The Morgan fingerprint density at radius 2 is 1.85 bits per heavy atom. The van der Waals surface area contributed by atoms with Crippen LogP contribution in [0.4, 0.5) is 0 Å². The molecule has 0 aliphatic carbocycles. The summed E-state index contributed by atoms with van der Waals surface area (Å²) in [6.07, 6.45) is 4.99. The molecule has 1 atom stereocenters. The van der Waals surface area contributed by atoms with Gasteiger partial charge in [-0.3, -0.25) is 14.6 Å². The number of carbonyl (C=O) groups excluding carboxylic acids is 2. The van der Waals surface area contributed by atoms with E-state index >= 15 is 0 Å². The largest absolute Gasteiger partial charge is 0.508 e. The van der Waals surface area contributed by atoms with Crippen molar-refractivity contribution in [1.29, 1.82) is 0 Å². The second kappa shape index (κ2) is 10.3. The lowest BCUT2D eigenvalue weighted by Crippen LogP contribution is -2.38. The van der Waals surface area contributed by atoms with Crippen LogP contribution in [0.1, 0.15) is 29.3 Å². The van der Waals surface area contributed by atoms with Crippen LogP contribution in [0.2, 0.25) is 0 Å². The fourth-order valence-corrected chi connectivity index (χ4v) is 4.43. The summed E-state index contributed by atoms with van der Waals surface area (Å²) in [5, 5.41) is 9.57. The topological polar surface area (TPSA) is 73.7 Å². The third-order valence-corrected chi connectivity index (χ3v) is 6.09. The molecule has 33 heavy (non-hydrogen) atoms. The summed E-state index contributed by atoms with van der Waals surface area (Å²) in [4.78, 5) is 34.6. The highest BCUT2D eigenvalue weighted by Crippen LogP contribution is 2.27.